The van der Waals surface area contributed by atoms with Crippen molar-refractivity contribution < 1.29 is 18.0 Å². The summed E-state index contributed by atoms with van der Waals surface area (Å²) in [5.74, 6) is -0.123. The summed E-state index contributed by atoms with van der Waals surface area (Å²) >= 11 is 0. The molecule has 0 radical (unpaired) electrons. The topological polar surface area (TPSA) is 90.9 Å². The lowest BCUT2D eigenvalue weighted by Gasteiger charge is -2.34. The molecule has 0 spiro atoms. The van der Waals surface area contributed by atoms with Gasteiger partial charge in [-0.15, -0.1) is 0 Å². The third kappa shape index (κ3) is 3.92. The molecule has 8 nitrogen and oxygen atoms in total. The third-order valence-electron chi connectivity index (χ3n) is 4.87. The number of hydrogen-bond acceptors (Lipinski definition) is 6. The zero-order valence-electron chi connectivity index (χ0n) is 14.2. The first-order valence-corrected chi connectivity index (χ1v) is 10.1. The second kappa shape index (κ2) is 6.99. The van der Waals surface area contributed by atoms with Gasteiger partial charge in [-0.1, -0.05) is 0 Å². The lowest BCUT2D eigenvalue weighted by Crippen LogP contribution is -2.45. The summed E-state index contributed by atoms with van der Waals surface area (Å²) in [7, 11) is -1.41. The van der Waals surface area contributed by atoms with Crippen LogP contribution in [0.4, 0.5) is 5.69 Å². The highest BCUT2D eigenvalue weighted by molar-refractivity contribution is 7.91. The Morgan fingerprint density at radius 3 is 2.64 bits per heavy atom. The summed E-state index contributed by atoms with van der Waals surface area (Å²) in [6.07, 6.45) is 2.91. The van der Waals surface area contributed by atoms with E-state index in [0.717, 1.165) is 12.1 Å². The van der Waals surface area contributed by atoms with Gasteiger partial charge in [0.05, 0.1) is 11.5 Å². The summed E-state index contributed by atoms with van der Waals surface area (Å²) in [6.45, 7) is 2.70. The number of aromatic nitrogens is 1. The molecular weight excluding hydrogens is 344 g/mol. The molecule has 2 aliphatic heterocycles. The molecule has 25 heavy (non-hydrogen) atoms. The van der Waals surface area contributed by atoms with Gasteiger partial charge in [0, 0.05) is 51.2 Å². The number of nitrogens with zero attached hydrogens (tertiary/aromatic N) is 4. The predicted molar refractivity (Wildman–Crippen MR) is 93.2 cm³/mol. The molecule has 9 heteroatoms. The first-order valence-electron chi connectivity index (χ1n) is 8.27. The Hall–Kier alpha value is -2.16. The first kappa shape index (κ1) is 17.7. The van der Waals surface area contributed by atoms with Crippen LogP contribution in [0, 0.1) is 0 Å². The third-order valence-corrected chi connectivity index (χ3v) is 6.62. The van der Waals surface area contributed by atoms with Gasteiger partial charge in [0.25, 0.3) is 5.91 Å². The minimum atomic E-state index is -3.04. The maximum absolute atomic E-state index is 12.7. The molecule has 0 N–H and O–H groups in total. The van der Waals surface area contributed by atoms with Gasteiger partial charge < -0.3 is 14.7 Å². The van der Waals surface area contributed by atoms with Crippen molar-refractivity contribution in [2.45, 2.75) is 12.5 Å². The van der Waals surface area contributed by atoms with Gasteiger partial charge in [-0.05, 0) is 18.6 Å². The summed E-state index contributed by atoms with van der Waals surface area (Å²) in [4.78, 5) is 32.9. The zero-order valence-corrected chi connectivity index (χ0v) is 15.0. The Kier molecular flexibility index (Phi) is 4.94. The molecule has 0 saturated carbocycles. The normalized spacial score (nSPS) is 22.7. The van der Waals surface area contributed by atoms with Crippen LogP contribution in [-0.4, -0.2) is 86.3 Å². The highest BCUT2D eigenvalue weighted by Gasteiger charge is 2.33. The van der Waals surface area contributed by atoms with E-state index in [2.05, 4.69) is 9.88 Å². The molecule has 3 heterocycles. The Morgan fingerprint density at radius 2 is 2.04 bits per heavy atom. The molecule has 1 aromatic heterocycles. The number of rotatable bonds is 4. The van der Waals surface area contributed by atoms with Crippen molar-refractivity contribution in [1.29, 1.82) is 0 Å². The van der Waals surface area contributed by atoms with Crippen LogP contribution in [0.3, 0.4) is 0 Å². The molecule has 0 bridgehead atoms. The highest BCUT2D eigenvalue weighted by Crippen LogP contribution is 2.21. The molecule has 2 amide bonds. The smallest absolute Gasteiger partial charge is 0.272 e. The second-order valence-electron chi connectivity index (χ2n) is 6.50. The molecule has 1 unspecified atom stereocenters. The van der Waals surface area contributed by atoms with E-state index in [-0.39, 0.29) is 23.5 Å². The summed E-state index contributed by atoms with van der Waals surface area (Å²) in [5.41, 5.74) is 1.19. The second-order valence-corrected chi connectivity index (χ2v) is 8.73. The van der Waals surface area contributed by atoms with Crippen LogP contribution in [0.2, 0.25) is 0 Å². The number of carbonyl (C=O) groups is 2. The number of piperazine rings is 1. The van der Waals surface area contributed by atoms with E-state index in [0.29, 0.717) is 38.3 Å². The number of hydrogen-bond donors (Lipinski definition) is 0. The van der Waals surface area contributed by atoms with E-state index in [9.17, 15) is 18.0 Å². The first-order chi connectivity index (χ1) is 11.9. The van der Waals surface area contributed by atoms with E-state index >= 15 is 0 Å². The Labute approximate surface area is 147 Å². The number of carbonyl (C=O) groups excluding carboxylic acids is 2. The van der Waals surface area contributed by atoms with Crippen molar-refractivity contribution in [3.63, 3.8) is 0 Å². The van der Waals surface area contributed by atoms with Gasteiger partial charge in [-0.25, -0.2) is 8.42 Å². The molecule has 2 aliphatic rings. The van der Waals surface area contributed by atoms with Gasteiger partial charge in [0.2, 0.25) is 6.41 Å². The van der Waals surface area contributed by atoms with Crippen LogP contribution < -0.4 is 4.90 Å². The lowest BCUT2D eigenvalue weighted by molar-refractivity contribution is -0.118. The number of anilines is 1. The minimum absolute atomic E-state index is 0.0165. The SMILES string of the molecule is CN(C(=O)c1cc(N2CCN(C=O)CC2)ccn1)C1CCS(=O)(=O)C1. The highest BCUT2D eigenvalue weighted by atomic mass is 32.2. The average Bonchev–Trinajstić information content (AvgIpc) is 3.00. The standard InChI is InChI=1S/C16H22N4O4S/c1-18(14-3-9-25(23,24)11-14)16(22)15-10-13(2-4-17-15)20-7-5-19(12-21)6-8-20/h2,4,10,12,14H,3,5-9,11H2,1H3. The van der Waals surface area contributed by atoms with Gasteiger partial charge in [0.15, 0.2) is 9.84 Å². The number of sulfone groups is 1. The monoisotopic (exact) mass is 366 g/mol. The van der Waals surface area contributed by atoms with Gasteiger partial charge in [-0.2, -0.15) is 0 Å². The summed E-state index contributed by atoms with van der Waals surface area (Å²) in [5, 5.41) is 0. The molecule has 3 rings (SSSR count). The number of amides is 2. The van der Waals surface area contributed by atoms with Crippen molar-refractivity contribution in [3.05, 3.63) is 24.0 Å². The van der Waals surface area contributed by atoms with E-state index in [1.54, 1.807) is 24.2 Å². The van der Waals surface area contributed by atoms with Crippen LogP contribution in [0.25, 0.3) is 0 Å². The maximum Gasteiger partial charge on any atom is 0.272 e. The number of pyridine rings is 1. The average molecular weight is 366 g/mol. The summed E-state index contributed by atoms with van der Waals surface area (Å²) < 4.78 is 23.3. The van der Waals surface area contributed by atoms with Crippen molar-refractivity contribution >= 4 is 27.8 Å². The fourth-order valence-electron chi connectivity index (χ4n) is 3.25. The minimum Gasteiger partial charge on any atom is -0.368 e. The van der Waals surface area contributed by atoms with Crippen molar-refractivity contribution in [1.82, 2.24) is 14.8 Å². The molecule has 0 aromatic carbocycles. The largest absolute Gasteiger partial charge is 0.368 e. The van der Waals surface area contributed by atoms with Crippen LogP contribution in [0.5, 0.6) is 0 Å². The van der Waals surface area contributed by atoms with Gasteiger partial charge in [0.1, 0.15) is 5.69 Å². The Balaban J connectivity index is 1.70. The molecule has 1 aromatic rings. The van der Waals surface area contributed by atoms with Crippen LogP contribution >= 0.6 is 0 Å². The zero-order chi connectivity index (χ0) is 18.0. The fourth-order valence-corrected chi connectivity index (χ4v) is 5.02. The predicted octanol–water partition coefficient (Wildman–Crippen LogP) is -0.381. The van der Waals surface area contributed by atoms with Crippen molar-refractivity contribution in [3.8, 4) is 0 Å². The fraction of sp³-hybridized carbons (Fsp3) is 0.562. The molecule has 0 aliphatic carbocycles. The van der Waals surface area contributed by atoms with E-state index in [1.165, 1.54) is 4.90 Å². The van der Waals surface area contributed by atoms with Gasteiger partial charge in [-0.3, -0.25) is 14.6 Å². The quantitative estimate of drug-likeness (QED) is 0.675. The van der Waals surface area contributed by atoms with Crippen molar-refractivity contribution in [2.24, 2.45) is 0 Å². The molecule has 2 saturated heterocycles. The molecular formula is C16H22N4O4S. The Morgan fingerprint density at radius 1 is 1.32 bits per heavy atom. The van der Waals surface area contributed by atoms with E-state index in [1.807, 2.05) is 6.07 Å². The van der Waals surface area contributed by atoms with E-state index < -0.39 is 9.84 Å². The van der Waals surface area contributed by atoms with Gasteiger partial charge >= 0.3 is 0 Å². The Bertz CT molecular complexity index is 759. The van der Waals surface area contributed by atoms with Crippen molar-refractivity contribution in [2.75, 3.05) is 49.6 Å². The van der Waals surface area contributed by atoms with E-state index in [4.69, 9.17) is 0 Å². The maximum atomic E-state index is 12.7. The summed E-state index contributed by atoms with van der Waals surface area (Å²) in [6, 6.07) is 3.28. The van der Waals surface area contributed by atoms with Crippen LogP contribution in [0.15, 0.2) is 18.3 Å². The van der Waals surface area contributed by atoms with Crippen LogP contribution in [0.1, 0.15) is 16.9 Å². The molecule has 2 fully saturated rings. The molecule has 136 valence electrons. The van der Waals surface area contributed by atoms with Crippen LogP contribution in [-0.2, 0) is 14.6 Å². The molecule has 1 atom stereocenters. The lowest BCUT2D eigenvalue weighted by atomic mass is 10.2.